The number of carbonyl (C=O) groups is 1. The number of anilines is 2. The lowest BCUT2D eigenvalue weighted by Gasteiger charge is -2.22. The molecule has 4 aromatic rings. The summed E-state index contributed by atoms with van der Waals surface area (Å²) in [5.41, 5.74) is 16.3. The first-order valence-corrected chi connectivity index (χ1v) is 10.2. The van der Waals surface area contributed by atoms with E-state index in [2.05, 4.69) is 4.98 Å². The second kappa shape index (κ2) is 8.00. The van der Waals surface area contributed by atoms with Gasteiger partial charge in [-0.25, -0.2) is 0 Å². The molecule has 0 amide bonds. The van der Waals surface area contributed by atoms with Crippen molar-refractivity contribution in [2.75, 3.05) is 11.5 Å². The van der Waals surface area contributed by atoms with Crippen LogP contribution in [0.15, 0.2) is 96.1 Å². The van der Waals surface area contributed by atoms with Gasteiger partial charge >= 0.3 is 0 Å². The fraction of sp³-hybridized carbons (Fsp3) is 0.0385. The summed E-state index contributed by atoms with van der Waals surface area (Å²) in [5.74, 6) is 1.30. The van der Waals surface area contributed by atoms with Gasteiger partial charge in [0.2, 0.25) is 0 Å². The standard InChI is InChI=1S/C26H20N4O2/c27-18-7-3-17(4-8-18)24-26(31)22-2-1-15-29-25(22)23(30-24)16-5-11-20(12-6-16)32-21-13-9-19(28)10-14-21/h1-15,24H,27-28H2. The molecule has 156 valence electrons. The number of nitrogen functional groups attached to an aromatic ring is 2. The minimum absolute atomic E-state index is 0.0788. The number of benzene rings is 3. The van der Waals surface area contributed by atoms with Crippen molar-refractivity contribution in [2.24, 2.45) is 4.99 Å². The molecule has 4 N–H and O–H groups in total. The number of rotatable bonds is 4. The number of hydrogen-bond donors (Lipinski definition) is 2. The van der Waals surface area contributed by atoms with E-state index in [4.69, 9.17) is 21.2 Å². The van der Waals surface area contributed by atoms with Gasteiger partial charge in [0.25, 0.3) is 0 Å². The summed E-state index contributed by atoms with van der Waals surface area (Å²) in [6, 6.07) is 24.9. The van der Waals surface area contributed by atoms with Crippen LogP contribution in [0.3, 0.4) is 0 Å². The maximum Gasteiger partial charge on any atom is 0.194 e. The molecule has 1 aromatic heterocycles. The van der Waals surface area contributed by atoms with Gasteiger partial charge in [0, 0.05) is 28.7 Å². The quantitative estimate of drug-likeness (QED) is 0.461. The molecule has 32 heavy (non-hydrogen) atoms. The minimum atomic E-state index is -0.645. The number of ether oxygens (including phenoxy) is 1. The number of aromatic nitrogens is 1. The average molecular weight is 420 g/mol. The topological polar surface area (TPSA) is 104 Å². The third-order valence-corrected chi connectivity index (χ3v) is 5.30. The smallest absolute Gasteiger partial charge is 0.194 e. The lowest BCUT2D eigenvalue weighted by molar-refractivity contribution is 0.0959. The molecule has 0 bridgehead atoms. The highest BCUT2D eigenvalue weighted by Crippen LogP contribution is 2.32. The van der Waals surface area contributed by atoms with Crippen molar-refractivity contribution in [3.63, 3.8) is 0 Å². The maximum absolute atomic E-state index is 13.2. The van der Waals surface area contributed by atoms with Crippen LogP contribution in [-0.4, -0.2) is 16.5 Å². The van der Waals surface area contributed by atoms with E-state index in [1.807, 2.05) is 48.5 Å². The number of Topliss-reactive ketones (excluding diaryl/α,β-unsaturated/α-hetero) is 1. The maximum atomic E-state index is 13.2. The zero-order chi connectivity index (χ0) is 22.1. The van der Waals surface area contributed by atoms with Crippen LogP contribution in [0.25, 0.3) is 0 Å². The minimum Gasteiger partial charge on any atom is -0.457 e. The first-order chi connectivity index (χ1) is 15.6. The van der Waals surface area contributed by atoms with Crippen LogP contribution in [-0.2, 0) is 0 Å². The number of hydrogen-bond acceptors (Lipinski definition) is 6. The molecule has 1 aliphatic rings. The van der Waals surface area contributed by atoms with Gasteiger partial charge in [-0.1, -0.05) is 12.1 Å². The zero-order valence-corrected chi connectivity index (χ0v) is 17.1. The van der Waals surface area contributed by atoms with Crippen LogP contribution in [0.5, 0.6) is 11.5 Å². The predicted molar refractivity (Wildman–Crippen MR) is 125 cm³/mol. The molecule has 0 fully saturated rings. The zero-order valence-electron chi connectivity index (χ0n) is 17.1. The molecule has 2 heterocycles. The Morgan fingerprint density at radius 1 is 0.750 bits per heavy atom. The molecule has 0 aliphatic carbocycles. The van der Waals surface area contributed by atoms with Crippen LogP contribution in [0.1, 0.15) is 33.2 Å². The van der Waals surface area contributed by atoms with E-state index in [9.17, 15) is 4.79 Å². The van der Waals surface area contributed by atoms with Crippen molar-refractivity contribution in [2.45, 2.75) is 6.04 Å². The SMILES string of the molecule is Nc1ccc(Oc2ccc(C3=NC(c4ccc(N)cc4)C(=O)c4cccnc43)cc2)cc1. The average Bonchev–Trinajstić information content (AvgIpc) is 2.82. The fourth-order valence-corrected chi connectivity index (χ4v) is 3.66. The Hall–Kier alpha value is -4.45. The first-order valence-electron chi connectivity index (χ1n) is 10.2. The van der Waals surface area contributed by atoms with Crippen LogP contribution >= 0.6 is 0 Å². The molecule has 0 spiro atoms. The van der Waals surface area contributed by atoms with Crippen molar-refractivity contribution >= 4 is 22.9 Å². The Labute approximate surface area is 185 Å². The number of nitrogens with zero attached hydrogens (tertiary/aromatic N) is 2. The molecule has 3 aromatic carbocycles. The van der Waals surface area contributed by atoms with Gasteiger partial charge in [-0.3, -0.25) is 14.8 Å². The van der Waals surface area contributed by atoms with Gasteiger partial charge in [-0.15, -0.1) is 0 Å². The molecule has 1 atom stereocenters. The molecule has 5 rings (SSSR count). The highest BCUT2D eigenvalue weighted by atomic mass is 16.5. The highest BCUT2D eigenvalue weighted by molar-refractivity contribution is 6.21. The van der Waals surface area contributed by atoms with Crippen molar-refractivity contribution in [3.05, 3.63) is 114 Å². The lowest BCUT2D eigenvalue weighted by atomic mass is 9.90. The summed E-state index contributed by atoms with van der Waals surface area (Å²) in [6.07, 6.45) is 1.67. The van der Waals surface area contributed by atoms with Gasteiger partial charge in [-0.2, -0.15) is 0 Å². The fourth-order valence-electron chi connectivity index (χ4n) is 3.66. The predicted octanol–water partition coefficient (Wildman–Crippen LogP) is 4.81. The van der Waals surface area contributed by atoms with E-state index in [1.165, 1.54) is 0 Å². The van der Waals surface area contributed by atoms with Crippen LogP contribution in [0.4, 0.5) is 11.4 Å². The largest absolute Gasteiger partial charge is 0.457 e. The number of pyridine rings is 1. The van der Waals surface area contributed by atoms with Gasteiger partial charge in [0.05, 0.1) is 11.4 Å². The second-order valence-corrected chi connectivity index (χ2v) is 7.51. The van der Waals surface area contributed by atoms with E-state index < -0.39 is 6.04 Å². The van der Waals surface area contributed by atoms with E-state index in [-0.39, 0.29) is 5.78 Å². The molecule has 0 radical (unpaired) electrons. The molecule has 0 saturated heterocycles. The third kappa shape index (κ3) is 3.70. The Bertz CT molecular complexity index is 1310. The van der Waals surface area contributed by atoms with E-state index >= 15 is 0 Å². The molecular weight excluding hydrogens is 400 g/mol. The lowest BCUT2D eigenvalue weighted by Crippen LogP contribution is -2.24. The molecule has 6 heteroatoms. The van der Waals surface area contributed by atoms with E-state index in [1.54, 1.807) is 42.6 Å². The van der Waals surface area contributed by atoms with E-state index in [0.29, 0.717) is 39.8 Å². The number of aliphatic imine (C=N–C) groups is 1. The summed E-state index contributed by atoms with van der Waals surface area (Å²) >= 11 is 0. The van der Waals surface area contributed by atoms with Crippen molar-refractivity contribution in [3.8, 4) is 11.5 Å². The highest BCUT2D eigenvalue weighted by Gasteiger charge is 2.31. The molecule has 6 nitrogen and oxygen atoms in total. The second-order valence-electron chi connectivity index (χ2n) is 7.51. The molecule has 0 saturated carbocycles. The number of ketones is 1. The Morgan fingerprint density at radius 2 is 1.34 bits per heavy atom. The summed E-state index contributed by atoms with van der Waals surface area (Å²) in [6.45, 7) is 0. The summed E-state index contributed by atoms with van der Waals surface area (Å²) in [4.78, 5) is 22.4. The van der Waals surface area contributed by atoms with Gasteiger partial charge in [0.15, 0.2) is 5.78 Å². The first kappa shape index (κ1) is 19.5. The van der Waals surface area contributed by atoms with Crippen molar-refractivity contribution in [1.29, 1.82) is 0 Å². The normalized spacial score (nSPS) is 15.1. The summed E-state index contributed by atoms with van der Waals surface area (Å²) in [7, 11) is 0. The Morgan fingerprint density at radius 3 is 2.00 bits per heavy atom. The van der Waals surface area contributed by atoms with Gasteiger partial charge in [0.1, 0.15) is 17.5 Å². The van der Waals surface area contributed by atoms with Crippen molar-refractivity contribution in [1.82, 2.24) is 4.98 Å². The molecular formula is C26H20N4O2. The summed E-state index contributed by atoms with van der Waals surface area (Å²) < 4.78 is 5.89. The molecule has 1 unspecified atom stereocenters. The van der Waals surface area contributed by atoms with Crippen LogP contribution in [0, 0.1) is 0 Å². The molecule has 1 aliphatic heterocycles. The van der Waals surface area contributed by atoms with Gasteiger partial charge < -0.3 is 16.2 Å². The van der Waals surface area contributed by atoms with Crippen LogP contribution < -0.4 is 16.2 Å². The Kier molecular flexibility index (Phi) is 4.88. The van der Waals surface area contributed by atoms with Gasteiger partial charge in [-0.05, 0) is 78.4 Å². The Balaban J connectivity index is 1.51. The summed E-state index contributed by atoms with van der Waals surface area (Å²) in [5, 5.41) is 0. The number of carbonyl (C=O) groups excluding carboxylic acids is 1. The van der Waals surface area contributed by atoms with E-state index in [0.717, 1.165) is 11.1 Å². The number of fused-ring (bicyclic) bond motifs is 1. The number of nitrogens with two attached hydrogens (primary N) is 2. The monoisotopic (exact) mass is 420 g/mol. The van der Waals surface area contributed by atoms with Crippen molar-refractivity contribution < 1.29 is 9.53 Å². The third-order valence-electron chi connectivity index (χ3n) is 5.30. The van der Waals surface area contributed by atoms with Crippen LogP contribution in [0.2, 0.25) is 0 Å².